The largest absolute Gasteiger partial charge is 0.497 e. The van der Waals surface area contributed by atoms with Gasteiger partial charge in [0, 0.05) is 40.4 Å². The molecule has 2 heterocycles. The van der Waals surface area contributed by atoms with Crippen LogP contribution in [0.3, 0.4) is 0 Å². The summed E-state index contributed by atoms with van der Waals surface area (Å²) in [6.07, 6.45) is 1.50. The number of carbonyl (C=O) groups is 1. The van der Waals surface area contributed by atoms with Crippen LogP contribution in [0.1, 0.15) is 43.8 Å². The number of halogens is 5. The van der Waals surface area contributed by atoms with Crippen LogP contribution in [0.2, 0.25) is 5.02 Å². The molecule has 0 aliphatic carbocycles. The van der Waals surface area contributed by atoms with Crippen LogP contribution < -0.4 is 4.74 Å². The van der Waals surface area contributed by atoms with Crippen LogP contribution in [0.4, 0.5) is 17.6 Å². The zero-order valence-electron chi connectivity index (χ0n) is 21.4. The van der Waals surface area contributed by atoms with Gasteiger partial charge in [0.15, 0.2) is 11.6 Å². The Morgan fingerprint density at radius 3 is 2.67 bits per heavy atom. The maximum Gasteiger partial charge on any atom is 0.303 e. The Labute approximate surface area is 233 Å². The Bertz CT molecular complexity index is 1340. The van der Waals surface area contributed by atoms with Crippen molar-refractivity contribution in [3.8, 4) is 5.75 Å². The SMILES string of the molecule is COc1ccc2ncc(Cl)c([C@H](F)CCC3(CC(=O)O)CCN(CCSc4cc(F)cc(F)c4F)CC3)c2c1. The second kappa shape index (κ2) is 12.7. The fourth-order valence-electron chi connectivity index (χ4n) is 5.20. The van der Waals surface area contributed by atoms with E-state index in [-0.39, 0.29) is 22.8 Å². The van der Waals surface area contributed by atoms with Gasteiger partial charge in [0.2, 0.25) is 0 Å². The van der Waals surface area contributed by atoms with Gasteiger partial charge >= 0.3 is 5.97 Å². The Morgan fingerprint density at radius 2 is 1.97 bits per heavy atom. The summed E-state index contributed by atoms with van der Waals surface area (Å²) in [7, 11) is 1.52. The molecule has 1 fully saturated rings. The zero-order chi connectivity index (χ0) is 28.2. The van der Waals surface area contributed by atoms with Gasteiger partial charge in [-0.25, -0.2) is 17.6 Å². The number of hydrogen-bond donors (Lipinski definition) is 1. The van der Waals surface area contributed by atoms with Crippen LogP contribution in [0.15, 0.2) is 41.4 Å². The standard InChI is InChI=1S/C28H29ClF4N2O3S/c1-38-18-2-3-23-19(14-18)26(20(29)16-34-23)21(31)4-5-28(15-25(36)37)6-8-35(9-7-28)10-11-39-24-13-17(30)12-22(32)27(24)33/h2-3,12-14,16,21H,4-11,15H2,1H3,(H,36,37)/t21-/m1/s1. The minimum atomic E-state index is -1.42. The van der Waals surface area contributed by atoms with E-state index in [2.05, 4.69) is 9.88 Å². The molecule has 0 saturated carbocycles. The van der Waals surface area contributed by atoms with Crippen LogP contribution in [0.25, 0.3) is 10.9 Å². The first-order valence-electron chi connectivity index (χ1n) is 12.6. The average molecular weight is 585 g/mol. The predicted octanol–water partition coefficient (Wildman–Crippen LogP) is 7.45. The molecule has 1 saturated heterocycles. The summed E-state index contributed by atoms with van der Waals surface area (Å²) in [5.41, 5.74) is 0.330. The van der Waals surface area contributed by atoms with Gasteiger partial charge < -0.3 is 14.7 Å². The molecule has 1 aromatic heterocycles. The number of carboxylic acids is 1. The van der Waals surface area contributed by atoms with E-state index in [9.17, 15) is 23.1 Å². The van der Waals surface area contributed by atoms with Crippen molar-refractivity contribution in [3.63, 3.8) is 0 Å². The summed E-state index contributed by atoms with van der Waals surface area (Å²) in [6.45, 7) is 1.71. The number of nitrogens with zero attached hydrogens (tertiary/aromatic N) is 2. The molecule has 1 aliphatic heterocycles. The van der Waals surface area contributed by atoms with Crippen LogP contribution >= 0.6 is 23.4 Å². The Balaban J connectivity index is 1.39. The molecule has 0 bridgehead atoms. The first-order valence-corrected chi connectivity index (χ1v) is 13.9. The molecule has 0 unspecified atom stereocenters. The summed E-state index contributed by atoms with van der Waals surface area (Å²) >= 11 is 7.39. The number of ether oxygens (including phenoxy) is 1. The van der Waals surface area contributed by atoms with E-state index in [0.717, 1.165) is 17.8 Å². The van der Waals surface area contributed by atoms with Gasteiger partial charge in [0.25, 0.3) is 0 Å². The molecular formula is C28H29ClF4N2O3S. The summed E-state index contributed by atoms with van der Waals surface area (Å²) in [5, 5.41) is 10.4. The van der Waals surface area contributed by atoms with Gasteiger partial charge in [-0.15, -0.1) is 11.8 Å². The van der Waals surface area contributed by atoms with E-state index in [1.165, 1.54) is 13.3 Å². The predicted molar refractivity (Wildman–Crippen MR) is 144 cm³/mol. The molecule has 0 amide bonds. The Hall–Kier alpha value is -2.56. The number of pyridine rings is 1. The van der Waals surface area contributed by atoms with Crippen molar-refractivity contribution < 1.29 is 32.2 Å². The number of alkyl halides is 1. The van der Waals surface area contributed by atoms with E-state index in [1.54, 1.807) is 18.2 Å². The topological polar surface area (TPSA) is 62.7 Å². The smallest absolute Gasteiger partial charge is 0.303 e. The lowest BCUT2D eigenvalue weighted by atomic mass is 9.71. The summed E-state index contributed by atoms with van der Waals surface area (Å²) < 4.78 is 61.8. The summed E-state index contributed by atoms with van der Waals surface area (Å²) in [6, 6.07) is 6.65. The molecule has 0 spiro atoms. The van der Waals surface area contributed by atoms with Crippen LogP contribution in [0.5, 0.6) is 5.75 Å². The fraction of sp³-hybridized carbons (Fsp3) is 0.429. The van der Waals surface area contributed by atoms with E-state index in [0.29, 0.717) is 72.9 Å². The highest BCUT2D eigenvalue weighted by Gasteiger charge is 2.37. The van der Waals surface area contributed by atoms with Gasteiger partial charge in [-0.2, -0.15) is 0 Å². The summed E-state index contributed by atoms with van der Waals surface area (Å²) in [4.78, 5) is 18.0. The number of aromatic nitrogens is 1. The van der Waals surface area contributed by atoms with Gasteiger partial charge in [0.05, 0.1) is 24.1 Å². The minimum absolute atomic E-state index is 0.0747. The van der Waals surface area contributed by atoms with Crippen molar-refractivity contribution in [2.24, 2.45) is 5.41 Å². The number of rotatable bonds is 11. The van der Waals surface area contributed by atoms with Crippen LogP contribution in [-0.2, 0) is 4.79 Å². The monoisotopic (exact) mass is 584 g/mol. The fourth-order valence-corrected chi connectivity index (χ4v) is 6.46. The third-order valence-corrected chi connectivity index (χ3v) is 8.67. The van der Waals surface area contributed by atoms with Crippen molar-refractivity contribution in [1.29, 1.82) is 0 Å². The van der Waals surface area contributed by atoms with Crippen LogP contribution in [0, 0.1) is 22.9 Å². The normalized spacial score (nSPS) is 16.4. The number of piperidine rings is 1. The minimum Gasteiger partial charge on any atom is -0.497 e. The third kappa shape index (κ3) is 7.15. The lowest BCUT2D eigenvalue weighted by molar-refractivity contribution is -0.141. The molecule has 5 nitrogen and oxygen atoms in total. The molecule has 0 radical (unpaired) electrons. The molecule has 39 heavy (non-hydrogen) atoms. The molecule has 1 N–H and O–H groups in total. The number of benzene rings is 2. The van der Waals surface area contributed by atoms with Gasteiger partial charge in [0.1, 0.15) is 17.7 Å². The highest BCUT2D eigenvalue weighted by atomic mass is 35.5. The van der Waals surface area contributed by atoms with E-state index >= 15 is 4.39 Å². The Kier molecular flexibility index (Phi) is 9.61. The molecule has 210 valence electrons. The number of fused-ring (bicyclic) bond motifs is 1. The molecular weight excluding hydrogens is 556 g/mol. The number of aliphatic carboxylic acids is 1. The number of likely N-dealkylation sites (tertiary alicyclic amines) is 1. The van der Waals surface area contributed by atoms with Crippen molar-refractivity contribution in [1.82, 2.24) is 9.88 Å². The first-order chi connectivity index (χ1) is 18.6. The number of thioether (sulfide) groups is 1. The third-order valence-electron chi connectivity index (χ3n) is 7.38. The van der Waals surface area contributed by atoms with Crippen molar-refractivity contribution in [2.45, 2.75) is 43.2 Å². The lowest BCUT2D eigenvalue weighted by Crippen LogP contribution is -2.42. The Morgan fingerprint density at radius 1 is 1.23 bits per heavy atom. The quantitative estimate of drug-likeness (QED) is 0.143. The van der Waals surface area contributed by atoms with Crippen molar-refractivity contribution in [2.75, 3.05) is 32.5 Å². The molecule has 3 aromatic rings. The molecule has 4 rings (SSSR count). The maximum absolute atomic E-state index is 15.7. The second-order valence-electron chi connectivity index (χ2n) is 9.87. The number of hydrogen-bond acceptors (Lipinski definition) is 5. The molecule has 1 atom stereocenters. The molecule has 1 aliphatic rings. The van der Waals surface area contributed by atoms with Gasteiger partial charge in [-0.1, -0.05) is 11.6 Å². The number of methoxy groups -OCH3 is 1. The molecule has 11 heteroatoms. The highest BCUT2D eigenvalue weighted by molar-refractivity contribution is 7.99. The molecule has 2 aromatic carbocycles. The summed E-state index contributed by atoms with van der Waals surface area (Å²) in [5.74, 6) is -3.09. The average Bonchev–Trinajstić information content (AvgIpc) is 2.90. The highest BCUT2D eigenvalue weighted by Crippen LogP contribution is 2.44. The van der Waals surface area contributed by atoms with Gasteiger partial charge in [-0.3, -0.25) is 9.78 Å². The zero-order valence-corrected chi connectivity index (χ0v) is 22.9. The number of carboxylic acid groups (broad SMARTS) is 1. The van der Waals surface area contributed by atoms with Gasteiger partial charge in [-0.05, 0) is 68.5 Å². The second-order valence-corrected chi connectivity index (χ2v) is 11.4. The van der Waals surface area contributed by atoms with Crippen LogP contribution in [-0.4, -0.2) is 53.5 Å². The van der Waals surface area contributed by atoms with Crippen molar-refractivity contribution >= 4 is 40.2 Å². The lowest BCUT2D eigenvalue weighted by Gasteiger charge is -2.41. The van der Waals surface area contributed by atoms with E-state index in [1.807, 2.05) is 0 Å². The van der Waals surface area contributed by atoms with Crippen molar-refractivity contribution in [3.05, 3.63) is 64.6 Å². The van der Waals surface area contributed by atoms with E-state index in [4.69, 9.17) is 16.3 Å². The van der Waals surface area contributed by atoms with E-state index < -0.39 is 35.0 Å². The maximum atomic E-state index is 15.7. The first kappa shape index (κ1) is 29.4.